The summed E-state index contributed by atoms with van der Waals surface area (Å²) in [5.41, 5.74) is 0.322. The zero-order valence-corrected chi connectivity index (χ0v) is 11.2. The van der Waals surface area contributed by atoms with Gasteiger partial charge in [0.15, 0.2) is 17.5 Å². The molecule has 1 fully saturated rings. The number of aliphatic hydroxyl groups excluding tert-OH is 1. The number of nitrogens with zero attached hydrogens (tertiary/aromatic N) is 4. The first-order chi connectivity index (χ1) is 10.1. The fraction of sp³-hybridized carbons (Fsp3) is 0.462. The van der Waals surface area contributed by atoms with Crippen LogP contribution in [-0.2, 0) is 6.54 Å². The molecule has 0 spiro atoms. The van der Waals surface area contributed by atoms with E-state index in [4.69, 9.17) is 0 Å². The minimum absolute atomic E-state index is 0.197. The van der Waals surface area contributed by atoms with E-state index in [0.29, 0.717) is 24.0 Å². The van der Waals surface area contributed by atoms with Crippen LogP contribution in [0.2, 0.25) is 0 Å². The molecule has 0 bridgehead atoms. The number of hydrogen-bond donors (Lipinski definition) is 2. The molecule has 1 aromatic heterocycles. The van der Waals surface area contributed by atoms with Crippen LogP contribution in [0.25, 0.3) is 0 Å². The smallest absolute Gasteiger partial charge is 0.165 e. The van der Waals surface area contributed by atoms with Gasteiger partial charge < -0.3 is 10.4 Å². The SMILES string of the molecule is O[C@H](CNCc1nnnn1C1CC1)c1ccc(F)c(F)c1. The van der Waals surface area contributed by atoms with Crippen LogP contribution >= 0.6 is 0 Å². The van der Waals surface area contributed by atoms with Gasteiger partial charge >= 0.3 is 0 Å². The number of tetrazole rings is 1. The highest BCUT2D eigenvalue weighted by Gasteiger charge is 2.27. The van der Waals surface area contributed by atoms with Crippen LogP contribution in [0.3, 0.4) is 0 Å². The molecule has 1 aliphatic carbocycles. The first kappa shape index (κ1) is 14.0. The third-order valence-electron chi connectivity index (χ3n) is 3.40. The van der Waals surface area contributed by atoms with Gasteiger partial charge in [-0.3, -0.25) is 0 Å². The topological polar surface area (TPSA) is 75.9 Å². The molecular formula is C13H15F2N5O. The van der Waals surface area contributed by atoms with Gasteiger partial charge in [0.05, 0.1) is 18.7 Å². The van der Waals surface area contributed by atoms with Crippen molar-refractivity contribution < 1.29 is 13.9 Å². The van der Waals surface area contributed by atoms with Crippen LogP contribution in [0.5, 0.6) is 0 Å². The third-order valence-corrected chi connectivity index (χ3v) is 3.40. The monoisotopic (exact) mass is 295 g/mol. The van der Waals surface area contributed by atoms with E-state index in [1.165, 1.54) is 6.07 Å². The van der Waals surface area contributed by atoms with Gasteiger partial charge in [0.1, 0.15) is 0 Å². The van der Waals surface area contributed by atoms with E-state index < -0.39 is 17.7 Å². The fourth-order valence-corrected chi connectivity index (χ4v) is 2.09. The van der Waals surface area contributed by atoms with E-state index >= 15 is 0 Å². The highest BCUT2D eigenvalue weighted by atomic mass is 19.2. The molecule has 1 aliphatic rings. The first-order valence-corrected chi connectivity index (χ1v) is 6.75. The highest BCUT2D eigenvalue weighted by Crippen LogP contribution is 2.34. The molecule has 0 aliphatic heterocycles. The summed E-state index contributed by atoms with van der Waals surface area (Å²) in [6.07, 6.45) is 1.23. The normalized spacial score (nSPS) is 16.1. The van der Waals surface area contributed by atoms with Gasteiger partial charge in [-0.05, 0) is 41.0 Å². The molecule has 1 aromatic carbocycles. The summed E-state index contributed by atoms with van der Waals surface area (Å²) in [7, 11) is 0. The standard InChI is InChI=1S/C13H15F2N5O/c14-10-4-1-8(5-11(10)15)12(21)6-16-7-13-17-18-19-20(13)9-2-3-9/h1,4-5,9,12,16,21H,2-3,6-7H2/t12-/m1/s1. The Morgan fingerprint density at radius 2 is 2.14 bits per heavy atom. The summed E-state index contributed by atoms with van der Waals surface area (Å²) in [6, 6.07) is 3.74. The van der Waals surface area contributed by atoms with Crippen molar-refractivity contribution in [3.8, 4) is 0 Å². The summed E-state index contributed by atoms with van der Waals surface area (Å²) in [4.78, 5) is 0. The summed E-state index contributed by atoms with van der Waals surface area (Å²) >= 11 is 0. The Balaban J connectivity index is 1.54. The number of aromatic nitrogens is 4. The number of aliphatic hydroxyl groups is 1. The van der Waals surface area contributed by atoms with Crippen molar-refractivity contribution in [2.75, 3.05) is 6.54 Å². The summed E-state index contributed by atoms with van der Waals surface area (Å²) in [5, 5.41) is 24.4. The molecule has 3 rings (SSSR count). The van der Waals surface area contributed by atoms with Gasteiger partial charge in [-0.2, -0.15) is 0 Å². The van der Waals surface area contributed by atoms with Crippen molar-refractivity contribution in [3.05, 3.63) is 41.2 Å². The maximum atomic E-state index is 13.1. The predicted octanol–water partition coefficient (Wildman–Crippen LogP) is 1.11. The lowest BCUT2D eigenvalue weighted by Gasteiger charge is -2.12. The molecule has 2 aromatic rings. The molecule has 112 valence electrons. The molecule has 0 unspecified atom stereocenters. The lowest BCUT2D eigenvalue weighted by atomic mass is 10.1. The molecule has 21 heavy (non-hydrogen) atoms. The van der Waals surface area contributed by atoms with E-state index in [-0.39, 0.29) is 6.54 Å². The van der Waals surface area contributed by atoms with Crippen LogP contribution in [-0.4, -0.2) is 31.9 Å². The summed E-state index contributed by atoms with van der Waals surface area (Å²) in [6.45, 7) is 0.604. The highest BCUT2D eigenvalue weighted by molar-refractivity contribution is 5.20. The molecule has 8 heteroatoms. The van der Waals surface area contributed by atoms with Crippen LogP contribution in [0.15, 0.2) is 18.2 Å². The van der Waals surface area contributed by atoms with Gasteiger partial charge in [0, 0.05) is 6.54 Å². The minimum Gasteiger partial charge on any atom is -0.387 e. The van der Waals surface area contributed by atoms with Crippen molar-refractivity contribution in [2.24, 2.45) is 0 Å². The molecule has 0 radical (unpaired) electrons. The number of halogens is 2. The van der Waals surface area contributed by atoms with Crippen molar-refractivity contribution >= 4 is 0 Å². The molecule has 1 heterocycles. The van der Waals surface area contributed by atoms with Crippen molar-refractivity contribution in [1.29, 1.82) is 0 Å². The quantitative estimate of drug-likeness (QED) is 0.835. The zero-order valence-electron chi connectivity index (χ0n) is 11.2. The second-order valence-electron chi connectivity index (χ2n) is 5.09. The summed E-state index contributed by atoms with van der Waals surface area (Å²) < 4.78 is 27.7. The molecule has 2 N–H and O–H groups in total. The van der Waals surface area contributed by atoms with Crippen molar-refractivity contribution in [1.82, 2.24) is 25.5 Å². The third kappa shape index (κ3) is 3.22. The maximum Gasteiger partial charge on any atom is 0.165 e. The Bertz CT molecular complexity index is 629. The van der Waals surface area contributed by atoms with Crippen LogP contribution in [0.4, 0.5) is 8.78 Å². The van der Waals surface area contributed by atoms with Gasteiger partial charge in [-0.15, -0.1) is 5.10 Å². The molecule has 1 atom stereocenters. The number of benzene rings is 1. The fourth-order valence-electron chi connectivity index (χ4n) is 2.09. The average molecular weight is 295 g/mol. The minimum atomic E-state index is -0.968. The van der Waals surface area contributed by atoms with Gasteiger partial charge in [0.2, 0.25) is 0 Å². The van der Waals surface area contributed by atoms with E-state index in [1.54, 1.807) is 4.68 Å². The second-order valence-corrected chi connectivity index (χ2v) is 5.09. The van der Waals surface area contributed by atoms with Gasteiger partial charge in [-0.1, -0.05) is 6.07 Å². The summed E-state index contributed by atoms with van der Waals surface area (Å²) in [5.74, 6) is -1.19. The number of nitrogens with one attached hydrogen (secondary N) is 1. The largest absolute Gasteiger partial charge is 0.387 e. The molecule has 0 amide bonds. The van der Waals surface area contributed by atoms with E-state index in [0.717, 1.165) is 25.0 Å². The zero-order chi connectivity index (χ0) is 14.8. The Kier molecular flexibility index (Phi) is 3.89. The van der Waals surface area contributed by atoms with Crippen molar-refractivity contribution in [2.45, 2.75) is 31.5 Å². The van der Waals surface area contributed by atoms with Crippen molar-refractivity contribution in [3.63, 3.8) is 0 Å². The van der Waals surface area contributed by atoms with E-state index in [2.05, 4.69) is 20.8 Å². The molecule has 0 saturated heterocycles. The van der Waals surface area contributed by atoms with Gasteiger partial charge in [0.25, 0.3) is 0 Å². The van der Waals surface area contributed by atoms with Crippen LogP contribution in [0.1, 0.15) is 36.4 Å². The lowest BCUT2D eigenvalue weighted by Crippen LogP contribution is -2.23. The predicted molar refractivity (Wildman–Crippen MR) is 69.1 cm³/mol. The number of hydrogen-bond acceptors (Lipinski definition) is 5. The molecular weight excluding hydrogens is 280 g/mol. The Hall–Kier alpha value is -1.93. The Labute approximate surface area is 119 Å². The Morgan fingerprint density at radius 3 is 2.86 bits per heavy atom. The second kappa shape index (κ2) is 5.82. The van der Waals surface area contributed by atoms with E-state index in [9.17, 15) is 13.9 Å². The average Bonchev–Trinajstić information content (AvgIpc) is 3.21. The first-order valence-electron chi connectivity index (χ1n) is 6.75. The maximum absolute atomic E-state index is 13.1. The van der Waals surface area contributed by atoms with Crippen LogP contribution in [0, 0.1) is 11.6 Å². The number of rotatable bonds is 6. The van der Waals surface area contributed by atoms with E-state index in [1.807, 2.05) is 0 Å². The molecule has 1 saturated carbocycles. The van der Waals surface area contributed by atoms with Gasteiger partial charge in [-0.25, -0.2) is 13.5 Å². The Morgan fingerprint density at radius 1 is 1.33 bits per heavy atom. The lowest BCUT2D eigenvalue weighted by molar-refractivity contribution is 0.173. The van der Waals surface area contributed by atoms with Crippen LogP contribution < -0.4 is 5.32 Å². The molecule has 6 nitrogen and oxygen atoms in total.